The van der Waals surface area contributed by atoms with Crippen LogP contribution in [-0.2, 0) is 0 Å². The molecule has 1 unspecified atom stereocenters. The summed E-state index contributed by atoms with van der Waals surface area (Å²) in [6.45, 7) is 11.1. The van der Waals surface area contributed by atoms with Crippen molar-refractivity contribution < 1.29 is 0 Å². The first-order valence-corrected chi connectivity index (χ1v) is 7.80. The van der Waals surface area contributed by atoms with Crippen LogP contribution in [0.2, 0.25) is 5.02 Å². The molecule has 0 aliphatic carbocycles. The fourth-order valence-corrected chi connectivity index (χ4v) is 2.38. The minimum absolute atomic E-state index is 0.429. The molecule has 3 heteroatoms. The lowest BCUT2D eigenvalue weighted by Gasteiger charge is -2.24. The fourth-order valence-electron chi connectivity index (χ4n) is 2.25. The number of nitrogens with one attached hydrogen (secondary N) is 1. The highest BCUT2D eigenvalue weighted by Crippen LogP contribution is 2.19. The number of halogens is 1. The van der Waals surface area contributed by atoms with Gasteiger partial charge in [0.05, 0.1) is 0 Å². The molecule has 1 rings (SSSR count). The zero-order valence-corrected chi connectivity index (χ0v) is 13.2. The standard InChI is InChI=1S/C16H27ClN2/c1-4-12-18-16(11-13-19(5-2)6-3)14-7-9-15(17)10-8-14/h7-10,16,18H,4-6,11-13H2,1-3H3. The fraction of sp³-hybridized carbons (Fsp3) is 0.625. The lowest BCUT2D eigenvalue weighted by atomic mass is 10.0. The molecule has 0 saturated carbocycles. The molecular formula is C16H27ClN2. The summed E-state index contributed by atoms with van der Waals surface area (Å²) in [6.07, 6.45) is 2.30. The summed E-state index contributed by atoms with van der Waals surface area (Å²) in [5.41, 5.74) is 1.34. The van der Waals surface area contributed by atoms with E-state index in [-0.39, 0.29) is 0 Å². The van der Waals surface area contributed by atoms with Crippen molar-refractivity contribution in [2.45, 2.75) is 39.7 Å². The Kier molecular flexibility index (Phi) is 8.11. The first kappa shape index (κ1) is 16.5. The highest BCUT2D eigenvalue weighted by Gasteiger charge is 2.11. The van der Waals surface area contributed by atoms with Gasteiger partial charge in [0.2, 0.25) is 0 Å². The molecule has 2 nitrogen and oxygen atoms in total. The zero-order chi connectivity index (χ0) is 14.1. The van der Waals surface area contributed by atoms with Crippen LogP contribution in [-0.4, -0.2) is 31.1 Å². The third kappa shape index (κ3) is 5.94. The first-order valence-electron chi connectivity index (χ1n) is 7.42. The Morgan fingerprint density at radius 3 is 2.26 bits per heavy atom. The van der Waals surface area contributed by atoms with Gasteiger partial charge in [0.25, 0.3) is 0 Å². The quantitative estimate of drug-likeness (QED) is 0.733. The van der Waals surface area contributed by atoms with E-state index < -0.39 is 0 Å². The van der Waals surface area contributed by atoms with E-state index in [1.165, 1.54) is 5.56 Å². The maximum atomic E-state index is 5.96. The van der Waals surface area contributed by atoms with Gasteiger partial charge >= 0.3 is 0 Å². The van der Waals surface area contributed by atoms with Crippen molar-refractivity contribution in [2.24, 2.45) is 0 Å². The highest BCUT2D eigenvalue weighted by molar-refractivity contribution is 6.30. The van der Waals surface area contributed by atoms with Crippen LogP contribution < -0.4 is 5.32 Å². The van der Waals surface area contributed by atoms with Gasteiger partial charge in [-0.3, -0.25) is 0 Å². The van der Waals surface area contributed by atoms with Crippen LogP contribution >= 0.6 is 11.6 Å². The molecule has 1 atom stereocenters. The molecule has 0 amide bonds. The maximum absolute atomic E-state index is 5.96. The molecule has 1 N–H and O–H groups in total. The zero-order valence-electron chi connectivity index (χ0n) is 12.5. The Bertz CT molecular complexity index is 333. The number of hydrogen-bond donors (Lipinski definition) is 1. The van der Waals surface area contributed by atoms with Gasteiger partial charge in [-0.2, -0.15) is 0 Å². The summed E-state index contributed by atoms with van der Waals surface area (Å²) >= 11 is 5.96. The molecule has 108 valence electrons. The van der Waals surface area contributed by atoms with Gasteiger partial charge in [-0.05, 0) is 56.7 Å². The van der Waals surface area contributed by atoms with Crippen molar-refractivity contribution in [1.29, 1.82) is 0 Å². The van der Waals surface area contributed by atoms with Crippen LogP contribution in [0, 0.1) is 0 Å². The second kappa shape index (κ2) is 9.35. The van der Waals surface area contributed by atoms with Gasteiger partial charge in [0, 0.05) is 11.1 Å². The number of hydrogen-bond acceptors (Lipinski definition) is 2. The topological polar surface area (TPSA) is 15.3 Å². The van der Waals surface area contributed by atoms with Crippen LogP contribution in [0.25, 0.3) is 0 Å². The van der Waals surface area contributed by atoms with E-state index in [9.17, 15) is 0 Å². The van der Waals surface area contributed by atoms with Gasteiger partial charge in [-0.1, -0.05) is 44.5 Å². The molecule has 0 bridgehead atoms. The van der Waals surface area contributed by atoms with Crippen LogP contribution in [0.4, 0.5) is 0 Å². The van der Waals surface area contributed by atoms with Crippen LogP contribution in [0.1, 0.15) is 45.2 Å². The van der Waals surface area contributed by atoms with E-state index in [0.717, 1.165) is 44.0 Å². The van der Waals surface area contributed by atoms with Gasteiger partial charge < -0.3 is 10.2 Å². The first-order chi connectivity index (χ1) is 9.21. The monoisotopic (exact) mass is 282 g/mol. The SMILES string of the molecule is CCCNC(CCN(CC)CC)c1ccc(Cl)cc1. The molecule has 0 aromatic heterocycles. The van der Waals surface area contributed by atoms with E-state index >= 15 is 0 Å². The smallest absolute Gasteiger partial charge is 0.0406 e. The molecule has 0 aliphatic heterocycles. The van der Waals surface area contributed by atoms with Crippen molar-refractivity contribution in [2.75, 3.05) is 26.2 Å². The highest BCUT2D eigenvalue weighted by atomic mass is 35.5. The molecule has 0 fully saturated rings. The second-order valence-electron chi connectivity index (χ2n) is 4.87. The van der Waals surface area contributed by atoms with Crippen LogP contribution in [0.5, 0.6) is 0 Å². The lowest BCUT2D eigenvalue weighted by Crippen LogP contribution is -2.29. The Balaban J connectivity index is 2.63. The van der Waals surface area contributed by atoms with Gasteiger partial charge in [-0.15, -0.1) is 0 Å². The van der Waals surface area contributed by atoms with Gasteiger partial charge in [0.15, 0.2) is 0 Å². The van der Waals surface area contributed by atoms with E-state index in [0.29, 0.717) is 6.04 Å². The van der Waals surface area contributed by atoms with E-state index in [1.807, 2.05) is 12.1 Å². The van der Waals surface area contributed by atoms with Crippen molar-refractivity contribution in [1.82, 2.24) is 10.2 Å². The second-order valence-corrected chi connectivity index (χ2v) is 5.31. The normalized spacial score (nSPS) is 12.9. The molecule has 0 spiro atoms. The summed E-state index contributed by atoms with van der Waals surface area (Å²) in [5.74, 6) is 0. The summed E-state index contributed by atoms with van der Waals surface area (Å²) in [4.78, 5) is 2.47. The van der Waals surface area contributed by atoms with Crippen molar-refractivity contribution in [3.05, 3.63) is 34.9 Å². The molecule has 1 aromatic carbocycles. The minimum Gasteiger partial charge on any atom is -0.310 e. The Hall–Kier alpha value is -0.570. The molecule has 0 saturated heterocycles. The summed E-state index contributed by atoms with van der Waals surface area (Å²) in [5, 5.41) is 4.45. The van der Waals surface area contributed by atoms with E-state index in [1.54, 1.807) is 0 Å². The molecule has 0 aliphatic rings. The molecule has 1 aromatic rings. The third-order valence-corrected chi connectivity index (χ3v) is 3.79. The van der Waals surface area contributed by atoms with Crippen molar-refractivity contribution >= 4 is 11.6 Å². The molecule has 0 heterocycles. The summed E-state index contributed by atoms with van der Waals surface area (Å²) in [7, 11) is 0. The Labute approximate surface area is 123 Å². The third-order valence-electron chi connectivity index (χ3n) is 3.54. The predicted molar refractivity (Wildman–Crippen MR) is 84.9 cm³/mol. The van der Waals surface area contributed by atoms with Crippen LogP contribution in [0.3, 0.4) is 0 Å². The van der Waals surface area contributed by atoms with Crippen molar-refractivity contribution in [3.63, 3.8) is 0 Å². The minimum atomic E-state index is 0.429. The Morgan fingerprint density at radius 1 is 1.11 bits per heavy atom. The van der Waals surface area contributed by atoms with Gasteiger partial charge in [-0.25, -0.2) is 0 Å². The average molecular weight is 283 g/mol. The lowest BCUT2D eigenvalue weighted by molar-refractivity contribution is 0.282. The Morgan fingerprint density at radius 2 is 1.74 bits per heavy atom. The average Bonchev–Trinajstić information content (AvgIpc) is 2.44. The van der Waals surface area contributed by atoms with E-state index in [2.05, 4.69) is 43.1 Å². The molecule has 19 heavy (non-hydrogen) atoms. The largest absolute Gasteiger partial charge is 0.310 e. The van der Waals surface area contributed by atoms with Crippen LogP contribution in [0.15, 0.2) is 24.3 Å². The number of benzene rings is 1. The maximum Gasteiger partial charge on any atom is 0.0406 e. The predicted octanol–water partition coefficient (Wildman–Crippen LogP) is 4.11. The summed E-state index contributed by atoms with van der Waals surface area (Å²) < 4.78 is 0. The number of rotatable bonds is 9. The van der Waals surface area contributed by atoms with E-state index in [4.69, 9.17) is 11.6 Å². The van der Waals surface area contributed by atoms with Gasteiger partial charge in [0.1, 0.15) is 0 Å². The summed E-state index contributed by atoms with van der Waals surface area (Å²) in [6, 6.07) is 8.66. The molecule has 0 radical (unpaired) electrons. The van der Waals surface area contributed by atoms with Crippen molar-refractivity contribution in [3.8, 4) is 0 Å². The number of nitrogens with zero attached hydrogens (tertiary/aromatic N) is 1. The molecular weight excluding hydrogens is 256 g/mol.